The fraction of sp³-hybridized carbons (Fsp3) is 0.692. The molecule has 0 heterocycles. The van der Waals surface area contributed by atoms with Crippen molar-refractivity contribution >= 4 is 11.8 Å². The van der Waals surface area contributed by atoms with E-state index < -0.39 is 5.97 Å². The topological polar surface area (TPSA) is 43.4 Å². The Kier molecular flexibility index (Phi) is 5.23. The summed E-state index contributed by atoms with van der Waals surface area (Å²) < 4.78 is 4.91. The maximum absolute atomic E-state index is 11.7. The Balaban J connectivity index is 2.37. The Morgan fingerprint density at radius 1 is 1.12 bits per heavy atom. The van der Waals surface area contributed by atoms with Gasteiger partial charge in [0.05, 0.1) is 6.10 Å². The molecular formula is C13H20O3. The van der Waals surface area contributed by atoms with E-state index in [2.05, 4.69) is 0 Å². The number of carbonyl (C=O) groups excluding carboxylic acids is 2. The van der Waals surface area contributed by atoms with Gasteiger partial charge in [-0.3, -0.25) is 4.79 Å². The van der Waals surface area contributed by atoms with E-state index in [1.165, 1.54) is 18.6 Å². The smallest absolute Gasteiger partial charge is 0.331 e. The van der Waals surface area contributed by atoms with Crippen molar-refractivity contribution in [1.82, 2.24) is 0 Å². The summed E-state index contributed by atoms with van der Waals surface area (Å²) in [7, 11) is 0. The molecule has 0 amide bonds. The molecule has 0 aliphatic heterocycles. The minimum absolute atomic E-state index is 0.0698. The molecule has 0 aromatic rings. The molecule has 1 fully saturated rings. The average Bonchev–Trinajstić information content (AvgIpc) is 2.26. The van der Waals surface area contributed by atoms with E-state index >= 15 is 0 Å². The van der Waals surface area contributed by atoms with Gasteiger partial charge in [-0.2, -0.15) is 0 Å². The lowest BCUT2D eigenvalue weighted by Crippen LogP contribution is -2.16. The highest BCUT2D eigenvalue weighted by Gasteiger charge is 2.19. The van der Waals surface area contributed by atoms with Crippen LogP contribution < -0.4 is 0 Å². The molecule has 3 nitrogen and oxygen atoms in total. The van der Waals surface area contributed by atoms with Crippen molar-refractivity contribution in [1.29, 1.82) is 0 Å². The average molecular weight is 224 g/mol. The first-order valence-corrected chi connectivity index (χ1v) is 6.02. The van der Waals surface area contributed by atoms with Gasteiger partial charge in [-0.25, -0.2) is 4.79 Å². The molecular weight excluding hydrogens is 204 g/mol. The molecule has 0 aromatic carbocycles. The van der Waals surface area contributed by atoms with Gasteiger partial charge in [0.1, 0.15) is 0 Å². The number of ketones is 1. The lowest BCUT2D eigenvalue weighted by Gasteiger charge is -2.18. The zero-order valence-electron chi connectivity index (χ0n) is 10.1. The SMILES string of the molecule is CC(C)OC(=O)/C=C/C(=O)C1CCCCC1. The van der Waals surface area contributed by atoms with Crippen LogP contribution in [0, 0.1) is 5.92 Å². The molecule has 1 aliphatic rings. The van der Waals surface area contributed by atoms with Gasteiger partial charge in [-0.05, 0) is 32.8 Å². The predicted octanol–water partition coefficient (Wildman–Crippen LogP) is 2.64. The summed E-state index contributed by atoms with van der Waals surface area (Å²) in [5.41, 5.74) is 0. The summed E-state index contributed by atoms with van der Waals surface area (Å²) in [6, 6.07) is 0. The van der Waals surface area contributed by atoms with Gasteiger partial charge in [-0.15, -0.1) is 0 Å². The lowest BCUT2D eigenvalue weighted by molar-refractivity contribution is -0.141. The number of esters is 1. The van der Waals surface area contributed by atoms with Crippen LogP contribution in [0.25, 0.3) is 0 Å². The molecule has 0 saturated heterocycles. The fourth-order valence-electron chi connectivity index (χ4n) is 1.94. The van der Waals surface area contributed by atoms with E-state index in [1.807, 2.05) is 0 Å². The van der Waals surface area contributed by atoms with Crippen LogP contribution in [0.3, 0.4) is 0 Å². The molecule has 1 saturated carbocycles. The Morgan fingerprint density at radius 2 is 1.75 bits per heavy atom. The van der Waals surface area contributed by atoms with E-state index in [-0.39, 0.29) is 17.8 Å². The largest absolute Gasteiger partial charge is 0.460 e. The zero-order valence-corrected chi connectivity index (χ0v) is 10.1. The van der Waals surface area contributed by atoms with Gasteiger partial charge in [0.15, 0.2) is 5.78 Å². The molecule has 0 radical (unpaired) electrons. The maximum Gasteiger partial charge on any atom is 0.331 e. The van der Waals surface area contributed by atoms with Crippen LogP contribution in [-0.4, -0.2) is 17.9 Å². The van der Waals surface area contributed by atoms with E-state index in [0.717, 1.165) is 25.7 Å². The summed E-state index contributed by atoms with van der Waals surface area (Å²) in [6.07, 6.45) is 7.88. The molecule has 16 heavy (non-hydrogen) atoms. The van der Waals surface area contributed by atoms with Crippen LogP contribution in [0.1, 0.15) is 46.0 Å². The summed E-state index contributed by atoms with van der Waals surface area (Å²) >= 11 is 0. The fourth-order valence-corrected chi connectivity index (χ4v) is 1.94. The Labute approximate surface area is 96.9 Å². The number of hydrogen-bond acceptors (Lipinski definition) is 3. The minimum Gasteiger partial charge on any atom is -0.460 e. The third-order valence-corrected chi connectivity index (χ3v) is 2.74. The molecule has 0 unspecified atom stereocenters. The number of rotatable bonds is 4. The van der Waals surface area contributed by atoms with Crippen molar-refractivity contribution < 1.29 is 14.3 Å². The molecule has 1 aliphatic carbocycles. The molecule has 1 rings (SSSR count). The molecule has 0 atom stereocenters. The van der Waals surface area contributed by atoms with Gasteiger partial charge in [0.25, 0.3) is 0 Å². The molecule has 90 valence electrons. The standard InChI is InChI=1S/C13H20O3/c1-10(2)16-13(15)9-8-12(14)11-6-4-3-5-7-11/h8-11H,3-7H2,1-2H3/b9-8+. The summed E-state index contributed by atoms with van der Waals surface area (Å²) in [6.45, 7) is 3.57. The van der Waals surface area contributed by atoms with Crippen molar-refractivity contribution in [2.45, 2.75) is 52.1 Å². The Hall–Kier alpha value is -1.12. The summed E-state index contributed by atoms with van der Waals surface area (Å²) in [4.78, 5) is 22.9. The van der Waals surface area contributed by atoms with Crippen LogP contribution in [0.4, 0.5) is 0 Å². The quantitative estimate of drug-likeness (QED) is 0.544. The van der Waals surface area contributed by atoms with Crippen molar-refractivity contribution in [2.75, 3.05) is 0 Å². The van der Waals surface area contributed by atoms with E-state index in [9.17, 15) is 9.59 Å². The normalized spacial score (nSPS) is 17.9. The third kappa shape index (κ3) is 4.60. The predicted molar refractivity (Wildman–Crippen MR) is 62.0 cm³/mol. The minimum atomic E-state index is -0.431. The first-order chi connectivity index (χ1) is 7.59. The van der Waals surface area contributed by atoms with Gasteiger partial charge in [-0.1, -0.05) is 19.3 Å². The van der Waals surface area contributed by atoms with Crippen molar-refractivity contribution in [2.24, 2.45) is 5.92 Å². The highest BCUT2D eigenvalue weighted by atomic mass is 16.5. The lowest BCUT2D eigenvalue weighted by atomic mass is 9.86. The number of ether oxygens (including phenoxy) is 1. The van der Waals surface area contributed by atoms with Crippen molar-refractivity contribution in [3.63, 3.8) is 0 Å². The number of hydrogen-bond donors (Lipinski definition) is 0. The van der Waals surface area contributed by atoms with Crippen molar-refractivity contribution in [3.05, 3.63) is 12.2 Å². The Bertz CT molecular complexity index is 273. The second-order valence-corrected chi connectivity index (χ2v) is 4.56. The van der Waals surface area contributed by atoms with E-state index in [1.54, 1.807) is 13.8 Å². The van der Waals surface area contributed by atoms with Gasteiger partial charge < -0.3 is 4.74 Å². The second kappa shape index (κ2) is 6.46. The van der Waals surface area contributed by atoms with Crippen LogP contribution in [0.2, 0.25) is 0 Å². The summed E-state index contributed by atoms with van der Waals surface area (Å²) in [5, 5.41) is 0. The first-order valence-electron chi connectivity index (χ1n) is 6.02. The van der Waals surface area contributed by atoms with Crippen LogP contribution in [0.15, 0.2) is 12.2 Å². The van der Waals surface area contributed by atoms with Gasteiger partial charge in [0.2, 0.25) is 0 Å². The van der Waals surface area contributed by atoms with Crippen LogP contribution in [0.5, 0.6) is 0 Å². The molecule has 0 spiro atoms. The highest BCUT2D eigenvalue weighted by Crippen LogP contribution is 2.24. The molecule has 0 N–H and O–H groups in total. The second-order valence-electron chi connectivity index (χ2n) is 4.56. The Morgan fingerprint density at radius 3 is 2.31 bits per heavy atom. The van der Waals surface area contributed by atoms with Crippen LogP contribution in [-0.2, 0) is 14.3 Å². The van der Waals surface area contributed by atoms with Gasteiger partial charge in [0, 0.05) is 12.0 Å². The van der Waals surface area contributed by atoms with E-state index in [0.29, 0.717) is 0 Å². The number of allylic oxidation sites excluding steroid dienone is 1. The summed E-state index contributed by atoms with van der Waals surface area (Å²) in [5.74, 6) is -0.239. The first kappa shape index (κ1) is 12.9. The van der Waals surface area contributed by atoms with Crippen LogP contribution >= 0.6 is 0 Å². The van der Waals surface area contributed by atoms with Crippen molar-refractivity contribution in [3.8, 4) is 0 Å². The zero-order chi connectivity index (χ0) is 12.0. The number of carbonyl (C=O) groups is 2. The highest BCUT2D eigenvalue weighted by molar-refractivity contribution is 5.97. The maximum atomic E-state index is 11.7. The molecule has 0 bridgehead atoms. The van der Waals surface area contributed by atoms with Gasteiger partial charge >= 0.3 is 5.97 Å². The molecule has 0 aromatic heterocycles. The monoisotopic (exact) mass is 224 g/mol. The third-order valence-electron chi connectivity index (χ3n) is 2.74. The molecule has 3 heteroatoms. The van der Waals surface area contributed by atoms with E-state index in [4.69, 9.17) is 4.74 Å².